The standard InChI is InChI=1S/C35H50N2O4Si/c1-25(28-15-10-9-11-16-28)23-36-33(40)18-26-13-12-14-27(17-26)22-35(5,6)37-24-32(41-42(7,8)34(2,3)4)29-19-30(38)21-31(39)20-29/h9-17,19-21,25,32,37-39H,18,22-24H2,1-8H3,(H,36,40). The van der Waals surface area contributed by atoms with Crippen LogP contribution in [0.2, 0.25) is 18.1 Å². The summed E-state index contributed by atoms with van der Waals surface area (Å²) in [4.78, 5) is 12.7. The average Bonchev–Trinajstić information content (AvgIpc) is 2.89. The molecule has 0 fully saturated rings. The lowest BCUT2D eigenvalue weighted by Gasteiger charge is -2.40. The van der Waals surface area contributed by atoms with Crippen LogP contribution in [0.5, 0.6) is 11.5 Å². The van der Waals surface area contributed by atoms with Crippen molar-refractivity contribution in [2.24, 2.45) is 0 Å². The van der Waals surface area contributed by atoms with E-state index in [4.69, 9.17) is 4.43 Å². The Hall–Kier alpha value is -3.13. The molecular weight excluding hydrogens is 540 g/mol. The molecule has 1 amide bonds. The van der Waals surface area contributed by atoms with Crippen molar-refractivity contribution in [3.63, 3.8) is 0 Å². The minimum atomic E-state index is -2.15. The summed E-state index contributed by atoms with van der Waals surface area (Å²) in [5, 5.41) is 27.1. The van der Waals surface area contributed by atoms with Gasteiger partial charge in [-0.05, 0) is 78.7 Å². The quantitative estimate of drug-likeness (QED) is 0.158. The van der Waals surface area contributed by atoms with E-state index in [-0.39, 0.29) is 40.0 Å². The van der Waals surface area contributed by atoms with Crippen LogP contribution in [-0.2, 0) is 22.1 Å². The predicted molar refractivity (Wildman–Crippen MR) is 175 cm³/mol. The monoisotopic (exact) mass is 590 g/mol. The fraction of sp³-hybridized carbons (Fsp3) is 0.457. The highest BCUT2D eigenvalue weighted by Crippen LogP contribution is 2.40. The van der Waals surface area contributed by atoms with Crippen LogP contribution in [-0.4, -0.2) is 43.1 Å². The molecule has 0 radical (unpaired) electrons. The number of carbonyl (C=O) groups is 1. The van der Waals surface area contributed by atoms with E-state index in [0.29, 0.717) is 19.5 Å². The first-order valence-electron chi connectivity index (χ1n) is 14.9. The predicted octanol–water partition coefficient (Wildman–Crippen LogP) is 7.23. The first-order chi connectivity index (χ1) is 19.5. The van der Waals surface area contributed by atoms with Crippen LogP contribution in [0.3, 0.4) is 0 Å². The van der Waals surface area contributed by atoms with E-state index in [1.165, 1.54) is 11.6 Å². The average molecular weight is 591 g/mol. The minimum absolute atomic E-state index is 0.00591. The number of hydrogen-bond donors (Lipinski definition) is 4. The van der Waals surface area contributed by atoms with Crippen molar-refractivity contribution in [3.8, 4) is 11.5 Å². The summed E-state index contributed by atoms with van der Waals surface area (Å²) < 4.78 is 6.78. The van der Waals surface area contributed by atoms with Crippen molar-refractivity contribution in [3.05, 3.63) is 95.1 Å². The molecule has 0 spiro atoms. The summed E-state index contributed by atoms with van der Waals surface area (Å²) >= 11 is 0. The third kappa shape index (κ3) is 10.0. The highest BCUT2D eigenvalue weighted by molar-refractivity contribution is 6.74. The summed E-state index contributed by atoms with van der Waals surface area (Å²) in [6.07, 6.45) is 0.759. The number of benzene rings is 3. The number of amides is 1. The Bertz CT molecular complexity index is 1300. The number of aromatic hydroxyl groups is 2. The minimum Gasteiger partial charge on any atom is -0.508 e. The maximum absolute atomic E-state index is 12.7. The van der Waals surface area contributed by atoms with Crippen LogP contribution in [0.15, 0.2) is 72.8 Å². The molecule has 2 unspecified atom stereocenters. The van der Waals surface area contributed by atoms with Gasteiger partial charge in [0.15, 0.2) is 8.32 Å². The molecule has 2 atom stereocenters. The molecule has 0 heterocycles. The summed E-state index contributed by atoms with van der Waals surface area (Å²) in [7, 11) is -2.15. The maximum atomic E-state index is 12.7. The number of phenolic OH excluding ortho intramolecular Hbond substituents is 2. The zero-order chi connectivity index (χ0) is 31.1. The molecule has 228 valence electrons. The molecule has 0 bridgehead atoms. The molecule has 7 heteroatoms. The van der Waals surface area contributed by atoms with Crippen LogP contribution in [0, 0.1) is 0 Å². The number of rotatable bonds is 13. The first-order valence-corrected chi connectivity index (χ1v) is 17.8. The van der Waals surface area contributed by atoms with Gasteiger partial charge in [-0.15, -0.1) is 0 Å². The van der Waals surface area contributed by atoms with Gasteiger partial charge in [0.25, 0.3) is 0 Å². The third-order valence-electron chi connectivity index (χ3n) is 8.28. The molecule has 0 aromatic heterocycles. The van der Waals surface area contributed by atoms with E-state index in [0.717, 1.165) is 23.1 Å². The lowest BCUT2D eigenvalue weighted by atomic mass is 9.93. The number of phenols is 2. The lowest BCUT2D eigenvalue weighted by Crippen LogP contribution is -2.47. The maximum Gasteiger partial charge on any atom is 0.224 e. The van der Waals surface area contributed by atoms with E-state index in [1.807, 2.05) is 30.3 Å². The Morgan fingerprint density at radius 3 is 2.07 bits per heavy atom. The fourth-order valence-corrected chi connectivity index (χ4v) is 6.05. The molecular formula is C35H50N2O4Si. The van der Waals surface area contributed by atoms with Gasteiger partial charge in [-0.1, -0.05) is 82.3 Å². The number of nitrogens with one attached hydrogen (secondary N) is 2. The van der Waals surface area contributed by atoms with Gasteiger partial charge in [-0.3, -0.25) is 4.79 Å². The second kappa shape index (κ2) is 13.9. The Morgan fingerprint density at radius 2 is 1.45 bits per heavy atom. The largest absolute Gasteiger partial charge is 0.508 e. The molecule has 0 aliphatic rings. The van der Waals surface area contributed by atoms with Crippen LogP contribution < -0.4 is 10.6 Å². The molecule has 0 aliphatic carbocycles. The van der Waals surface area contributed by atoms with E-state index >= 15 is 0 Å². The summed E-state index contributed by atoms with van der Waals surface area (Å²) in [5.74, 6) is 0.306. The lowest BCUT2D eigenvalue weighted by molar-refractivity contribution is -0.120. The number of hydrogen-bond acceptors (Lipinski definition) is 5. The SMILES string of the molecule is CC(CNC(=O)Cc1cccc(CC(C)(C)NCC(O[Si](C)(C)C(C)(C)C)c2cc(O)cc(O)c2)c1)c1ccccc1. The first kappa shape index (κ1) is 33.4. The van der Waals surface area contributed by atoms with Gasteiger partial charge in [0.2, 0.25) is 5.91 Å². The van der Waals surface area contributed by atoms with Gasteiger partial charge in [0, 0.05) is 24.7 Å². The van der Waals surface area contributed by atoms with E-state index in [9.17, 15) is 15.0 Å². The molecule has 6 nitrogen and oxygen atoms in total. The zero-order valence-electron chi connectivity index (χ0n) is 26.6. The van der Waals surface area contributed by atoms with Gasteiger partial charge in [0.1, 0.15) is 11.5 Å². The second-order valence-corrected chi connectivity index (χ2v) is 18.5. The Morgan fingerprint density at radius 1 is 0.833 bits per heavy atom. The normalized spacial score (nSPS) is 13.9. The summed E-state index contributed by atoms with van der Waals surface area (Å²) in [6.45, 7) is 18.6. The Kier molecular flexibility index (Phi) is 11.0. The molecule has 0 aliphatic heterocycles. The van der Waals surface area contributed by atoms with Crippen molar-refractivity contribution in [1.29, 1.82) is 0 Å². The highest BCUT2D eigenvalue weighted by atomic mass is 28.4. The van der Waals surface area contributed by atoms with Gasteiger partial charge >= 0.3 is 0 Å². The van der Waals surface area contributed by atoms with Crippen molar-refractivity contribution in [2.45, 2.75) is 90.1 Å². The van der Waals surface area contributed by atoms with E-state index < -0.39 is 8.32 Å². The number of carbonyl (C=O) groups excluding carboxylic acids is 1. The zero-order valence-corrected chi connectivity index (χ0v) is 27.6. The van der Waals surface area contributed by atoms with Crippen molar-refractivity contribution in [2.75, 3.05) is 13.1 Å². The molecule has 0 saturated heterocycles. The summed E-state index contributed by atoms with van der Waals surface area (Å²) in [6, 6.07) is 23.1. The third-order valence-corrected chi connectivity index (χ3v) is 12.8. The van der Waals surface area contributed by atoms with E-state index in [1.54, 1.807) is 12.1 Å². The molecule has 42 heavy (non-hydrogen) atoms. The van der Waals surface area contributed by atoms with Crippen LogP contribution >= 0.6 is 0 Å². The summed E-state index contributed by atoms with van der Waals surface area (Å²) in [5.41, 5.74) is 3.82. The smallest absolute Gasteiger partial charge is 0.224 e. The van der Waals surface area contributed by atoms with E-state index in [2.05, 4.69) is 89.5 Å². The molecule has 3 aromatic rings. The molecule has 0 saturated carbocycles. The molecule has 4 N–H and O–H groups in total. The molecule has 3 rings (SSSR count). The molecule has 3 aromatic carbocycles. The van der Waals surface area contributed by atoms with Crippen LogP contribution in [0.4, 0.5) is 0 Å². The van der Waals surface area contributed by atoms with Gasteiger partial charge in [-0.2, -0.15) is 0 Å². The van der Waals surface area contributed by atoms with Crippen LogP contribution in [0.1, 0.15) is 75.8 Å². The van der Waals surface area contributed by atoms with Gasteiger partial charge < -0.3 is 25.3 Å². The highest BCUT2D eigenvalue weighted by Gasteiger charge is 2.40. The van der Waals surface area contributed by atoms with Crippen molar-refractivity contribution >= 4 is 14.2 Å². The van der Waals surface area contributed by atoms with Gasteiger partial charge in [-0.25, -0.2) is 0 Å². The Balaban J connectivity index is 1.64. The van der Waals surface area contributed by atoms with Crippen molar-refractivity contribution < 1.29 is 19.4 Å². The topological polar surface area (TPSA) is 90.8 Å². The Labute approximate surface area is 253 Å². The van der Waals surface area contributed by atoms with Gasteiger partial charge in [0.05, 0.1) is 12.5 Å². The van der Waals surface area contributed by atoms with Crippen molar-refractivity contribution in [1.82, 2.24) is 10.6 Å². The second-order valence-electron chi connectivity index (χ2n) is 13.7. The fourth-order valence-electron chi connectivity index (χ4n) is 4.77. The van der Waals surface area contributed by atoms with Crippen LogP contribution in [0.25, 0.3) is 0 Å².